The predicted octanol–water partition coefficient (Wildman–Crippen LogP) is 3.26. The molecule has 122 valence electrons. The normalized spacial score (nSPS) is 18.2. The van der Waals surface area contributed by atoms with Crippen LogP contribution < -0.4 is 14.2 Å². The van der Waals surface area contributed by atoms with Gasteiger partial charge in [-0.05, 0) is 30.3 Å². The molecule has 0 aliphatic carbocycles. The number of fused-ring (bicyclic) bond motifs is 1. The molecule has 0 spiro atoms. The van der Waals surface area contributed by atoms with Crippen molar-refractivity contribution < 1.29 is 23.8 Å². The van der Waals surface area contributed by atoms with Gasteiger partial charge in [0.1, 0.15) is 5.75 Å². The summed E-state index contributed by atoms with van der Waals surface area (Å²) in [4.78, 5) is 26.0. The molecule has 7 heteroatoms. The van der Waals surface area contributed by atoms with Gasteiger partial charge in [-0.1, -0.05) is 13.3 Å². The third-order valence-electron chi connectivity index (χ3n) is 3.62. The number of unbranched alkanes of at least 4 members (excludes halogenated alkanes) is 1. The highest BCUT2D eigenvalue weighted by molar-refractivity contribution is 8.18. The maximum absolute atomic E-state index is 12.4. The molecule has 1 fully saturated rings. The van der Waals surface area contributed by atoms with Crippen LogP contribution in [-0.2, 0) is 4.79 Å². The van der Waals surface area contributed by atoms with Crippen molar-refractivity contribution in [3.8, 4) is 17.2 Å². The number of rotatable bonds is 5. The van der Waals surface area contributed by atoms with Gasteiger partial charge in [-0.25, -0.2) is 0 Å². The minimum atomic E-state index is -0.256. The van der Waals surface area contributed by atoms with E-state index in [4.69, 9.17) is 14.2 Å². The zero-order valence-electron chi connectivity index (χ0n) is 13.0. The number of nitrogens with zero attached hydrogens (tertiary/aromatic N) is 1. The van der Waals surface area contributed by atoms with Crippen molar-refractivity contribution in [2.45, 2.75) is 19.8 Å². The average molecular weight is 335 g/mol. The molecule has 1 aromatic carbocycles. The van der Waals surface area contributed by atoms with Gasteiger partial charge in [0.15, 0.2) is 11.5 Å². The number of benzene rings is 1. The molecule has 6 nitrogen and oxygen atoms in total. The summed E-state index contributed by atoms with van der Waals surface area (Å²) in [7, 11) is 1.54. The number of imide groups is 1. The summed E-state index contributed by atoms with van der Waals surface area (Å²) in [6.45, 7) is 2.64. The lowest BCUT2D eigenvalue weighted by molar-refractivity contribution is -0.122. The highest BCUT2D eigenvalue weighted by Gasteiger charge is 2.34. The summed E-state index contributed by atoms with van der Waals surface area (Å²) in [6.07, 6.45) is 3.40. The largest absolute Gasteiger partial charge is 0.496 e. The van der Waals surface area contributed by atoms with Crippen molar-refractivity contribution in [1.82, 2.24) is 4.90 Å². The molecule has 2 amide bonds. The fourth-order valence-corrected chi connectivity index (χ4v) is 3.23. The fraction of sp³-hybridized carbons (Fsp3) is 0.375. The van der Waals surface area contributed by atoms with Crippen LogP contribution in [0.25, 0.3) is 6.08 Å². The molecule has 1 saturated heterocycles. The van der Waals surface area contributed by atoms with E-state index in [1.807, 2.05) is 6.92 Å². The number of methoxy groups -OCH3 is 1. The Balaban J connectivity index is 1.90. The van der Waals surface area contributed by atoms with Crippen LogP contribution in [0.15, 0.2) is 17.0 Å². The van der Waals surface area contributed by atoms with Gasteiger partial charge in [-0.2, -0.15) is 0 Å². The molecule has 0 bridgehead atoms. The van der Waals surface area contributed by atoms with Gasteiger partial charge < -0.3 is 14.2 Å². The summed E-state index contributed by atoms with van der Waals surface area (Å²) in [5.74, 6) is 1.51. The lowest BCUT2D eigenvalue weighted by Crippen LogP contribution is -2.29. The Bertz CT molecular complexity index is 685. The predicted molar refractivity (Wildman–Crippen MR) is 86.7 cm³/mol. The van der Waals surface area contributed by atoms with Crippen molar-refractivity contribution in [3.05, 3.63) is 22.6 Å². The van der Waals surface area contributed by atoms with E-state index in [1.165, 1.54) is 4.90 Å². The van der Waals surface area contributed by atoms with Crippen LogP contribution in [0.4, 0.5) is 4.79 Å². The van der Waals surface area contributed by atoms with Crippen LogP contribution >= 0.6 is 11.8 Å². The smallest absolute Gasteiger partial charge is 0.293 e. The monoisotopic (exact) mass is 335 g/mol. The first kappa shape index (κ1) is 15.7. The third-order valence-corrected chi connectivity index (χ3v) is 4.53. The first-order valence-corrected chi connectivity index (χ1v) is 8.18. The maximum atomic E-state index is 12.4. The highest BCUT2D eigenvalue weighted by Crippen LogP contribution is 2.40. The minimum absolute atomic E-state index is 0.162. The average Bonchev–Trinajstić information content (AvgIpc) is 3.10. The summed E-state index contributed by atoms with van der Waals surface area (Å²) < 4.78 is 16.0. The van der Waals surface area contributed by atoms with Crippen LogP contribution in [0, 0.1) is 0 Å². The molecular weight excluding hydrogens is 318 g/mol. The number of thioether (sulfide) groups is 1. The minimum Gasteiger partial charge on any atom is -0.496 e. The second-order valence-corrected chi connectivity index (χ2v) is 6.13. The van der Waals surface area contributed by atoms with Gasteiger partial charge >= 0.3 is 0 Å². The second-order valence-electron chi connectivity index (χ2n) is 5.13. The second kappa shape index (κ2) is 6.54. The van der Waals surface area contributed by atoms with Crippen molar-refractivity contribution >= 4 is 29.0 Å². The molecule has 2 aliphatic heterocycles. The Morgan fingerprint density at radius 1 is 1.30 bits per heavy atom. The lowest BCUT2D eigenvalue weighted by Gasteiger charge is -2.11. The van der Waals surface area contributed by atoms with Gasteiger partial charge in [0, 0.05) is 18.2 Å². The topological polar surface area (TPSA) is 65.1 Å². The van der Waals surface area contributed by atoms with Crippen LogP contribution in [0.5, 0.6) is 17.2 Å². The van der Waals surface area contributed by atoms with E-state index < -0.39 is 0 Å². The number of carbonyl (C=O) groups excluding carboxylic acids is 2. The molecule has 0 atom stereocenters. The van der Waals surface area contributed by atoms with E-state index in [0.717, 1.165) is 24.6 Å². The fourth-order valence-electron chi connectivity index (χ4n) is 2.38. The molecule has 0 aromatic heterocycles. The number of hydrogen-bond acceptors (Lipinski definition) is 6. The van der Waals surface area contributed by atoms with Crippen LogP contribution in [0.2, 0.25) is 0 Å². The molecule has 2 heterocycles. The molecule has 0 unspecified atom stereocenters. The Kier molecular flexibility index (Phi) is 4.47. The van der Waals surface area contributed by atoms with Gasteiger partial charge in [0.25, 0.3) is 11.1 Å². The molecule has 0 N–H and O–H groups in total. The standard InChI is InChI=1S/C16H17NO5S/c1-3-4-5-17-15(18)14(23-16(17)19)7-10-6-12-13(22-9-21-12)8-11(10)20-2/h6-8H,3-5,9H2,1-2H3/b14-7-. The summed E-state index contributed by atoms with van der Waals surface area (Å²) in [5.41, 5.74) is 0.678. The quantitative estimate of drug-likeness (QED) is 0.770. The van der Waals surface area contributed by atoms with Gasteiger partial charge in [-0.15, -0.1) is 0 Å². The van der Waals surface area contributed by atoms with E-state index in [1.54, 1.807) is 25.3 Å². The Labute approximate surface area is 138 Å². The Morgan fingerprint density at radius 3 is 2.74 bits per heavy atom. The van der Waals surface area contributed by atoms with Gasteiger partial charge in [0.2, 0.25) is 6.79 Å². The van der Waals surface area contributed by atoms with E-state index in [-0.39, 0.29) is 17.9 Å². The van der Waals surface area contributed by atoms with Gasteiger partial charge in [-0.3, -0.25) is 14.5 Å². The zero-order valence-corrected chi connectivity index (χ0v) is 13.8. The molecule has 3 rings (SSSR count). The number of amides is 2. The molecule has 0 radical (unpaired) electrons. The molecule has 23 heavy (non-hydrogen) atoms. The first-order valence-electron chi connectivity index (χ1n) is 7.37. The molecule has 1 aromatic rings. The van der Waals surface area contributed by atoms with E-state index in [9.17, 15) is 9.59 Å². The highest BCUT2D eigenvalue weighted by atomic mass is 32.2. The van der Waals surface area contributed by atoms with Crippen molar-refractivity contribution in [1.29, 1.82) is 0 Å². The molecule has 2 aliphatic rings. The van der Waals surface area contributed by atoms with Crippen molar-refractivity contribution in [3.63, 3.8) is 0 Å². The van der Waals surface area contributed by atoms with Crippen LogP contribution in [0.3, 0.4) is 0 Å². The SMILES string of the molecule is CCCCN1C(=O)S/C(=C\c2cc3c(cc2OC)OCO3)C1=O. The summed E-state index contributed by atoms with van der Waals surface area (Å²) in [6, 6.07) is 3.47. The van der Waals surface area contributed by atoms with E-state index >= 15 is 0 Å². The molecular formula is C16H17NO5S. The Morgan fingerprint density at radius 2 is 2.04 bits per heavy atom. The molecule has 0 saturated carbocycles. The first-order chi connectivity index (χ1) is 11.1. The number of hydrogen-bond donors (Lipinski definition) is 0. The van der Waals surface area contributed by atoms with Gasteiger partial charge in [0.05, 0.1) is 12.0 Å². The van der Waals surface area contributed by atoms with E-state index in [0.29, 0.717) is 34.3 Å². The summed E-state index contributed by atoms with van der Waals surface area (Å²) >= 11 is 0.950. The number of carbonyl (C=O) groups is 2. The Hall–Kier alpha value is -2.15. The number of ether oxygens (including phenoxy) is 3. The van der Waals surface area contributed by atoms with Crippen LogP contribution in [0.1, 0.15) is 25.3 Å². The summed E-state index contributed by atoms with van der Waals surface area (Å²) in [5, 5.41) is -0.227. The van der Waals surface area contributed by atoms with Crippen LogP contribution in [-0.4, -0.2) is 36.5 Å². The maximum Gasteiger partial charge on any atom is 0.293 e. The third kappa shape index (κ3) is 3.01. The van der Waals surface area contributed by atoms with Crippen molar-refractivity contribution in [2.24, 2.45) is 0 Å². The zero-order chi connectivity index (χ0) is 16.4. The van der Waals surface area contributed by atoms with E-state index in [2.05, 4.69) is 0 Å². The lowest BCUT2D eigenvalue weighted by atomic mass is 10.1. The van der Waals surface area contributed by atoms with Crippen molar-refractivity contribution in [2.75, 3.05) is 20.4 Å².